The van der Waals surface area contributed by atoms with Gasteiger partial charge in [-0.25, -0.2) is 0 Å². The number of anilines is 1. The summed E-state index contributed by atoms with van der Waals surface area (Å²) in [7, 11) is 0. The Morgan fingerprint density at radius 2 is 1.84 bits per heavy atom. The van der Waals surface area contributed by atoms with Crippen LogP contribution < -0.4 is 10.1 Å². The molecule has 1 fully saturated rings. The van der Waals surface area contributed by atoms with Crippen LogP contribution in [0.5, 0.6) is 5.75 Å². The van der Waals surface area contributed by atoms with Crippen LogP contribution in [0.2, 0.25) is 0 Å². The van der Waals surface area contributed by atoms with E-state index in [2.05, 4.69) is 5.32 Å². The Morgan fingerprint density at radius 1 is 1.08 bits per heavy atom. The van der Waals surface area contributed by atoms with E-state index in [4.69, 9.17) is 4.74 Å². The van der Waals surface area contributed by atoms with Crippen LogP contribution in [0.3, 0.4) is 0 Å². The van der Waals surface area contributed by atoms with Crippen LogP contribution in [0.1, 0.15) is 28.8 Å². The summed E-state index contributed by atoms with van der Waals surface area (Å²) in [6, 6.07) is 15.3. The molecule has 128 valence electrons. The fraction of sp³-hybridized carbons (Fsp3) is 0.300. The number of rotatable bonds is 3. The summed E-state index contributed by atoms with van der Waals surface area (Å²) in [6.07, 6.45) is 2.18. The maximum absolute atomic E-state index is 12.7. The van der Waals surface area contributed by atoms with Crippen LogP contribution in [0, 0.1) is 0 Å². The first-order valence-electron chi connectivity index (χ1n) is 8.63. The van der Waals surface area contributed by atoms with Gasteiger partial charge in [0.05, 0.1) is 6.42 Å². The van der Waals surface area contributed by atoms with Crippen molar-refractivity contribution in [1.82, 2.24) is 4.90 Å². The van der Waals surface area contributed by atoms with Crippen molar-refractivity contribution in [3.63, 3.8) is 0 Å². The van der Waals surface area contributed by atoms with Gasteiger partial charge in [0.25, 0.3) is 5.91 Å². The van der Waals surface area contributed by atoms with E-state index >= 15 is 0 Å². The predicted octanol–water partition coefficient (Wildman–Crippen LogP) is 2.86. The van der Waals surface area contributed by atoms with E-state index in [9.17, 15) is 9.59 Å². The number of amides is 2. The molecule has 0 unspecified atom stereocenters. The zero-order valence-electron chi connectivity index (χ0n) is 13.9. The smallest absolute Gasteiger partial charge is 0.253 e. The molecular weight excluding hydrogens is 316 g/mol. The van der Waals surface area contributed by atoms with Crippen LogP contribution >= 0.6 is 0 Å². The lowest BCUT2D eigenvalue weighted by Gasteiger charge is -2.32. The van der Waals surface area contributed by atoms with Crippen molar-refractivity contribution in [3.05, 3.63) is 59.7 Å². The van der Waals surface area contributed by atoms with Crippen molar-refractivity contribution in [2.24, 2.45) is 0 Å². The molecular formula is C20H20N2O3. The number of hydrogen-bond acceptors (Lipinski definition) is 3. The van der Waals surface area contributed by atoms with Crippen LogP contribution in [0.4, 0.5) is 5.69 Å². The molecule has 2 aliphatic rings. The molecule has 1 saturated heterocycles. The maximum atomic E-state index is 12.7. The van der Waals surface area contributed by atoms with Gasteiger partial charge in [-0.05, 0) is 29.8 Å². The summed E-state index contributed by atoms with van der Waals surface area (Å²) in [4.78, 5) is 26.0. The summed E-state index contributed by atoms with van der Waals surface area (Å²) in [5.41, 5.74) is 2.35. The number of benzene rings is 2. The predicted molar refractivity (Wildman–Crippen MR) is 94.8 cm³/mol. The topological polar surface area (TPSA) is 58.6 Å². The molecule has 0 radical (unpaired) electrons. The minimum absolute atomic E-state index is 0.0153. The Labute approximate surface area is 146 Å². The Balaban J connectivity index is 1.37. The number of nitrogens with one attached hydrogen (secondary N) is 1. The van der Waals surface area contributed by atoms with E-state index in [0.717, 1.165) is 29.8 Å². The third-order valence-electron chi connectivity index (χ3n) is 4.76. The molecule has 0 aromatic heterocycles. The first-order valence-corrected chi connectivity index (χ1v) is 8.63. The highest BCUT2D eigenvalue weighted by atomic mass is 16.5. The van der Waals surface area contributed by atoms with Gasteiger partial charge in [-0.2, -0.15) is 0 Å². The van der Waals surface area contributed by atoms with Gasteiger partial charge in [0.15, 0.2) is 0 Å². The Morgan fingerprint density at radius 3 is 2.60 bits per heavy atom. The molecule has 0 spiro atoms. The van der Waals surface area contributed by atoms with Crippen LogP contribution in [-0.2, 0) is 11.2 Å². The van der Waals surface area contributed by atoms with E-state index in [-0.39, 0.29) is 17.9 Å². The molecule has 0 bridgehead atoms. The largest absolute Gasteiger partial charge is 0.490 e. The lowest BCUT2D eigenvalue weighted by atomic mass is 10.0. The molecule has 2 aromatic rings. The zero-order chi connectivity index (χ0) is 17.2. The summed E-state index contributed by atoms with van der Waals surface area (Å²) in [5.74, 6) is 0.877. The Hall–Kier alpha value is -2.82. The van der Waals surface area contributed by atoms with Crippen molar-refractivity contribution in [2.45, 2.75) is 25.4 Å². The molecule has 5 heteroatoms. The van der Waals surface area contributed by atoms with Gasteiger partial charge >= 0.3 is 0 Å². The lowest BCUT2D eigenvalue weighted by Crippen LogP contribution is -2.41. The summed E-state index contributed by atoms with van der Waals surface area (Å²) >= 11 is 0. The average Bonchev–Trinajstić information content (AvgIpc) is 3.02. The van der Waals surface area contributed by atoms with Crippen molar-refractivity contribution in [1.29, 1.82) is 0 Å². The third-order valence-corrected chi connectivity index (χ3v) is 4.76. The van der Waals surface area contributed by atoms with Crippen LogP contribution in [-0.4, -0.2) is 35.9 Å². The van der Waals surface area contributed by atoms with E-state index in [1.807, 2.05) is 47.4 Å². The fourth-order valence-corrected chi connectivity index (χ4v) is 3.40. The van der Waals surface area contributed by atoms with Crippen molar-refractivity contribution < 1.29 is 14.3 Å². The van der Waals surface area contributed by atoms with Crippen LogP contribution in [0.25, 0.3) is 0 Å². The number of hydrogen-bond donors (Lipinski definition) is 1. The van der Waals surface area contributed by atoms with Gasteiger partial charge in [0, 0.05) is 37.2 Å². The molecule has 2 amide bonds. The number of fused-ring (bicyclic) bond motifs is 1. The van der Waals surface area contributed by atoms with Gasteiger partial charge in [-0.3, -0.25) is 9.59 Å². The SMILES string of the molecule is O=C1Cc2ccc(C(=O)N3CCC(Oc4ccccc4)CC3)cc2N1. The van der Waals surface area contributed by atoms with E-state index < -0.39 is 0 Å². The quantitative estimate of drug-likeness (QED) is 0.938. The third kappa shape index (κ3) is 3.36. The number of piperidine rings is 1. The number of carbonyl (C=O) groups is 2. The molecule has 2 heterocycles. The summed E-state index contributed by atoms with van der Waals surface area (Å²) < 4.78 is 5.98. The molecule has 4 rings (SSSR count). The van der Waals surface area contributed by atoms with E-state index in [1.165, 1.54) is 0 Å². The molecule has 0 aliphatic carbocycles. The van der Waals surface area contributed by atoms with Gasteiger partial charge in [-0.15, -0.1) is 0 Å². The van der Waals surface area contributed by atoms with Gasteiger partial charge in [0.2, 0.25) is 5.91 Å². The second kappa shape index (κ2) is 6.59. The molecule has 0 saturated carbocycles. The molecule has 25 heavy (non-hydrogen) atoms. The summed E-state index contributed by atoms with van der Waals surface area (Å²) in [5, 5.41) is 2.80. The second-order valence-electron chi connectivity index (χ2n) is 6.52. The maximum Gasteiger partial charge on any atom is 0.253 e. The molecule has 1 N–H and O–H groups in total. The normalized spacial score (nSPS) is 17.1. The first kappa shape index (κ1) is 15.7. The number of nitrogens with zero attached hydrogens (tertiary/aromatic N) is 1. The van der Waals surface area contributed by atoms with Crippen LogP contribution in [0.15, 0.2) is 48.5 Å². The van der Waals surface area contributed by atoms with Crippen molar-refractivity contribution >= 4 is 17.5 Å². The van der Waals surface area contributed by atoms with Gasteiger partial charge < -0.3 is 15.0 Å². The summed E-state index contributed by atoms with van der Waals surface area (Å²) in [6.45, 7) is 1.36. The van der Waals surface area contributed by atoms with E-state index in [0.29, 0.717) is 25.1 Å². The highest BCUT2D eigenvalue weighted by molar-refractivity contribution is 6.02. The fourth-order valence-electron chi connectivity index (χ4n) is 3.40. The number of para-hydroxylation sites is 1. The second-order valence-corrected chi connectivity index (χ2v) is 6.52. The van der Waals surface area contributed by atoms with Gasteiger partial charge in [-0.1, -0.05) is 24.3 Å². The minimum atomic E-state index is -0.0153. The Bertz CT molecular complexity index is 796. The Kier molecular flexibility index (Phi) is 4.14. The molecule has 0 atom stereocenters. The standard InChI is InChI=1S/C20H20N2O3/c23-19-13-14-6-7-15(12-18(14)21-19)20(24)22-10-8-17(9-11-22)25-16-4-2-1-3-5-16/h1-7,12,17H,8-11,13H2,(H,21,23). The zero-order valence-corrected chi connectivity index (χ0v) is 13.9. The highest BCUT2D eigenvalue weighted by Crippen LogP contribution is 2.26. The lowest BCUT2D eigenvalue weighted by molar-refractivity contribution is -0.115. The number of likely N-dealkylation sites (tertiary alicyclic amines) is 1. The van der Waals surface area contributed by atoms with Crippen molar-refractivity contribution in [2.75, 3.05) is 18.4 Å². The number of ether oxygens (including phenoxy) is 1. The minimum Gasteiger partial charge on any atom is -0.490 e. The number of carbonyl (C=O) groups excluding carboxylic acids is 2. The first-order chi connectivity index (χ1) is 12.2. The molecule has 2 aliphatic heterocycles. The monoisotopic (exact) mass is 336 g/mol. The van der Waals surface area contributed by atoms with E-state index in [1.54, 1.807) is 6.07 Å². The molecule has 2 aromatic carbocycles. The highest BCUT2D eigenvalue weighted by Gasteiger charge is 2.26. The van der Waals surface area contributed by atoms with Gasteiger partial charge in [0.1, 0.15) is 11.9 Å². The van der Waals surface area contributed by atoms with Crippen molar-refractivity contribution in [3.8, 4) is 5.75 Å². The molecule has 5 nitrogen and oxygen atoms in total. The average molecular weight is 336 g/mol.